The molecule has 0 aromatic heterocycles. The van der Waals surface area contributed by atoms with Crippen LogP contribution in [0.2, 0.25) is 0 Å². The van der Waals surface area contributed by atoms with Gasteiger partial charge in [-0.05, 0) is 50.4 Å². The van der Waals surface area contributed by atoms with Crippen molar-refractivity contribution in [1.82, 2.24) is 0 Å². The van der Waals surface area contributed by atoms with Gasteiger partial charge < -0.3 is 4.74 Å². The van der Waals surface area contributed by atoms with Gasteiger partial charge in [0.15, 0.2) is 11.9 Å². The highest BCUT2D eigenvalue weighted by Crippen LogP contribution is 2.65. The molecule has 4 heteroatoms. The van der Waals surface area contributed by atoms with Gasteiger partial charge in [-0.2, -0.15) is 0 Å². The first kappa shape index (κ1) is 18.3. The van der Waals surface area contributed by atoms with Crippen LogP contribution in [0.25, 0.3) is 0 Å². The number of hydrogen-bond donors (Lipinski definition) is 0. The van der Waals surface area contributed by atoms with Gasteiger partial charge in [0.05, 0.1) is 5.76 Å². The second kappa shape index (κ2) is 5.78. The standard InChI is InChI=1S/C21H30O4/c1-11-9-16(12(2)22)20(5)8-7-15-14(4)25-17(13(3)23)10-21(15,6)19(20)18(11)24/h11,15-17,19H,4,7-10H2,1-3,5-6H3/t11-,15+,16+,17-,19+,20+,21+/m1/s1. The van der Waals surface area contributed by atoms with Gasteiger partial charge in [-0.25, -0.2) is 0 Å². The molecule has 2 aliphatic carbocycles. The summed E-state index contributed by atoms with van der Waals surface area (Å²) in [5.74, 6) is 0.701. The van der Waals surface area contributed by atoms with Crippen molar-refractivity contribution < 1.29 is 19.1 Å². The third-order valence-electron chi connectivity index (χ3n) is 7.49. The molecule has 0 bridgehead atoms. The van der Waals surface area contributed by atoms with Crippen molar-refractivity contribution in [3.05, 3.63) is 12.3 Å². The van der Waals surface area contributed by atoms with E-state index in [1.54, 1.807) is 6.92 Å². The smallest absolute Gasteiger partial charge is 0.170 e. The summed E-state index contributed by atoms with van der Waals surface area (Å²) in [5.41, 5.74) is -0.711. The Bertz CT molecular complexity index is 650. The molecule has 25 heavy (non-hydrogen) atoms. The number of ketones is 3. The van der Waals surface area contributed by atoms with E-state index in [2.05, 4.69) is 20.4 Å². The zero-order valence-corrected chi connectivity index (χ0v) is 16.1. The van der Waals surface area contributed by atoms with E-state index >= 15 is 0 Å². The molecule has 3 fully saturated rings. The van der Waals surface area contributed by atoms with Gasteiger partial charge in [0, 0.05) is 23.7 Å². The van der Waals surface area contributed by atoms with Crippen LogP contribution in [-0.2, 0) is 19.1 Å². The molecule has 0 aromatic carbocycles. The van der Waals surface area contributed by atoms with E-state index in [1.807, 2.05) is 6.92 Å². The lowest BCUT2D eigenvalue weighted by Crippen LogP contribution is -2.62. The van der Waals surface area contributed by atoms with Crippen LogP contribution in [-0.4, -0.2) is 23.5 Å². The number of carbonyl (C=O) groups is 3. The van der Waals surface area contributed by atoms with Crippen LogP contribution in [0.15, 0.2) is 12.3 Å². The van der Waals surface area contributed by atoms with Crippen molar-refractivity contribution in [2.24, 2.45) is 34.5 Å². The third kappa shape index (κ3) is 2.51. The summed E-state index contributed by atoms with van der Waals surface area (Å²) in [5, 5.41) is 0. The summed E-state index contributed by atoms with van der Waals surface area (Å²) < 4.78 is 5.81. The lowest BCUT2D eigenvalue weighted by atomic mass is 9.42. The summed E-state index contributed by atoms with van der Waals surface area (Å²) in [7, 11) is 0. The molecule has 0 aromatic rings. The largest absolute Gasteiger partial charge is 0.487 e. The number of rotatable bonds is 2. The molecule has 3 rings (SSSR count). The zero-order chi connectivity index (χ0) is 18.7. The summed E-state index contributed by atoms with van der Waals surface area (Å²) in [6.07, 6.45) is 2.34. The summed E-state index contributed by atoms with van der Waals surface area (Å²) in [6.45, 7) is 13.5. The van der Waals surface area contributed by atoms with Crippen molar-refractivity contribution in [3.63, 3.8) is 0 Å². The van der Waals surface area contributed by atoms with E-state index in [0.29, 0.717) is 18.6 Å². The van der Waals surface area contributed by atoms with Gasteiger partial charge in [-0.15, -0.1) is 0 Å². The van der Waals surface area contributed by atoms with Crippen LogP contribution < -0.4 is 0 Å². The Labute approximate surface area is 150 Å². The predicted octanol–water partition coefficient (Wildman–Crippen LogP) is 3.73. The Morgan fingerprint density at radius 3 is 2.36 bits per heavy atom. The molecule has 2 saturated carbocycles. The average molecular weight is 346 g/mol. The SMILES string of the molecule is C=C1O[C@@H](C(C)=O)C[C@]2(C)[C@H]3C(=O)[C@H](C)C[C@@H](C(C)=O)[C@]3(C)CC[C@@H]12. The Morgan fingerprint density at radius 2 is 1.80 bits per heavy atom. The molecule has 0 radical (unpaired) electrons. The zero-order valence-electron chi connectivity index (χ0n) is 16.1. The first-order valence-corrected chi connectivity index (χ1v) is 9.42. The maximum absolute atomic E-state index is 13.3. The molecule has 0 spiro atoms. The van der Waals surface area contributed by atoms with Gasteiger partial charge in [0.25, 0.3) is 0 Å². The first-order valence-electron chi connectivity index (χ1n) is 9.42. The molecule has 3 aliphatic rings. The molecule has 1 aliphatic heterocycles. The Balaban J connectivity index is 2.11. The number of hydrogen-bond acceptors (Lipinski definition) is 4. The summed E-state index contributed by atoms with van der Waals surface area (Å²) in [6, 6.07) is 0. The van der Waals surface area contributed by atoms with Crippen molar-refractivity contribution in [3.8, 4) is 0 Å². The second-order valence-corrected chi connectivity index (χ2v) is 9.13. The van der Waals surface area contributed by atoms with E-state index in [0.717, 1.165) is 12.8 Å². The van der Waals surface area contributed by atoms with Crippen LogP contribution in [0.1, 0.15) is 60.3 Å². The summed E-state index contributed by atoms with van der Waals surface area (Å²) in [4.78, 5) is 37.7. The minimum Gasteiger partial charge on any atom is -0.487 e. The Kier molecular flexibility index (Phi) is 4.24. The van der Waals surface area contributed by atoms with Crippen molar-refractivity contribution in [1.29, 1.82) is 0 Å². The lowest BCUT2D eigenvalue weighted by Gasteiger charge is -2.62. The van der Waals surface area contributed by atoms with E-state index in [1.165, 1.54) is 6.92 Å². The van der Waals surface area contributed by atoms with E-state index < -0.39 is 6.10 Å². The first-order chi connectivity index (χ1) is 11.5. The van der Waals surface area contributed by atoms with Crippen LogP contribution in [0, 0.1) is 34.5 Å². The fourth-order valence-electron chi connectivity index (χ4n) is 6.28. The molecule has 1 heterocycles. The van der Waals surface area contributed by atoms with Gasteiger partial charge in [0.1, 0.15) is 11.6 Å². The quantitative estimate of drug-likeness (QED) is 0.764. The molecule has 0 N–H and O–H groups in total. The van der Waals surface area contributed by atoms with Gasteiger partial charge in [-0.1, -0.05) is 27.4 Å². The van der Waals surface area contributed by atoms with Crippen molar-refractivity contribution in [2.75, 3.05) is 0 Å². The summed E-state index contributed by atoms with van der Waals surface area (Å²) >= 11 is 0. The van der Waals surface area contributed by atoms with Crippen molar-refractivity contribution >= 4 is 17.3 Å². The highest BCUT2D eigenvalue weighted by atomic mass is 16.5. The fraction of sp³-hybridized carbons (Fsp3) is 0.762. The highest BCUT2D eigenvalue weighted by molar-refractivity contribution is 5.90. The molecular formula is C21H30O4. The minimum absolute atomic E-state index is 0.0208. The van der Waals surface area contributed by atoms with E-state index in [4.69, 9.17) is 4.74 Å². The second-order valence-electron chi connectivity index (χ2n) is 9.13. The number of allylic oxidation sites excluding steroid dienone is 1. The monoisotopic (exact) mass is 346 g/mol. The minimum atomic E-state index is -0.531. The van der Waals surface area contributed by atoms with Gasteiger partial charge in [-0.3, -0.25) is 14.4 Å². The van der Waals surface area contributed by atoms with Gasteiger partial charge >= 0.3 is 0 Å². The van der Waals surface area contributed by atoms with Crippen LogP contribution in [0.4, 0.5) is 0 Å². The number of ether oxygens (including phenoxy) is 1. The third-order valence-corrected chi connectivity index (χ3v) is 7.49. The Morgan fingerprint density at radius 1 is 1.16 bits per heavy atom. The molecule has 0 amide bonds. The molecule has 4 nitrogen and oxygen atoms in total. The number of carbonyl (C=O) groups excluding carboxylic acids is 3. The molecule has 7 atom stereocenters. The predicted molar refractivity (Wildman–Crippen MR) is 94.7 cm³/mol. The maximum Gasteiger partial charge on any atom is 0.170 e. The molecule has 138 valence electrons. The molecular weight excluding hydrogens is 316 g/mol. The van der Waals surface area contributed by atoms with Crippen molar-refractivity contribution in [2.45, 2.75) is 66.4 Å². The average Bonchev–Trinajstić information content (AvgIpc) is 2.49. The fourth-order valence-corrected chi connectivity index (χ4v) is 6.28. The van der Waals surface area contributed by atoms with Gasteiger partial charge in [0.2, 0.25) is 0 Å². The normalized spacial score (nSPS) is 46.7. The molecule has 0 unspecified atom stereocenters. The van der Waals surface area contributed by atoms with Crippen LogP contribution in [0.3, 0.4) is 0 Å². The lowest BCUT2D eigenvalue weighted by molar-refractivity contribution is -0.182. The van der Waals surface area contributed by atoms with E-state index in [9.17, 15) is 14.4 Å². The molecule has 1 saturated heterocycles. The van der Waals surface area contributed by atoms with E-state index in [-0.39, 0.29) is 51.9 Å². The number of Topliss-reactive ketones (excluding diaryl/α,β-unsaturated/α-hetero) is 3. The van der Waals surface area contributed by atoms with Crippen LogP contribution in [0.5, 0.6) is 0 Å². The highest BCUT2D eigenvalue weighted by Gasteiger charge is 2.65. The topological polar surface area (TPSA) is 60.4 Å². The van der Waals surface area contributed by atoms with Crippen LogP contribution >= 0.6 is 0 Å². The number of fused-ring (bicyclic) bond motifs is 3. The maximum atomic E-state index is 13.3. The Hall–Kier alpha value is -1.45.